The third-order valence-electron chi connectivity index (χ3n) is 6.73. The van der Waals surface area contributed by atoms with E-state index in [1.807, 2.05) is 30.3 Å². The lowest BCUT2D eigenvalue weighted by Crippen LogP contribution is -2.52. The highest BCUT2D eigenvalue weighted by Gasteiger charge is 2.65. The first-order valence-electron chi connectivity index (χ1n) is 10.5. The first-order valence-corrected chi connectivity index (χ1v) is 10.5. The highest BCUT2D eigenvalue weighted by molar-refractivity contribution is 6.10. The number of nitrogens with two attached hydrogens (primary N) is 1. The van der Waals surface area contributed by atoms with Crippen LogP contribution in [0.3, 0.4) is 0 Å². The van der Waals surface area contributed by atoms with Crippen molar-refractivity contribution in [2.24, 2.45) is 23.5 Å². The van der Waals surface area contributed by atoms with Crippen molar-refractivity contribution in [3.8, 4) is 0 Å². The molecule has 4 rings (SSSR count). The van der Waals surface area contributed by atoms with Crippen LogP contribution in [0.1, 0.15) is 50.6 Å². The average molecular weight is 397 g/mol. The minimum Gasteiger partial charge on any atom is -0.368 e. The number of nitrogens with zero attached hydrogens (tertiary/aromatic N) is 2. The molecule has 0 spiro atoms. The predicted octanol–water partition coefficient (Wildman–Crippen LogP) is 1.63. The largest absolute Gasteiger partial charge is 0.368 e. The molecule has 1 aromatic rings. The molecule has 3 fully saturated rings. The molecule has 2 heterocycles. The van der Waals surface area contributed by atoms with Gasteiger partial charge in [0.05, 0.1) is 17.9 Å². The monoisotopic (exact) mass is 397 g/mol. The number of carbonyl (C=O) groups is 4. The Balaban J connectivity index is 1.82. The number of benzene rings is 1. The Morgan fingerprint density at radius 2 is 1.62 bits per heavy atom. The molecular weight excluding hydrogens is 370 g/mol. The molecule has 1 aromatic carbocycles. The summed E-state index contributed by atoms with van der Waals surface area (Å²) < 4.78 is 0. The quantitative estimate of drug-likeness (QED) is 0.780. The Morgan fingerprint density at radius 1 is 1.00 bits per heavy atom. The number of fused-ring (bicyclic) bond motifs is 1. The Bertz CT molecular complexity index is 834. The fraction of sp³-hybridized carbons (Fsp3) is 0.545. The van der Waals surface area contributed by atoms with Crippen molar-refractivity contribution in [1.82, 2.24) is 9.80 Å². The number of imide groups is 1. The zero-order chi connectivity index (χ0) is 20.7. The molecule has 0 bridgehead atoms. The van der Waals surface area contributed by atoms with Gasteiger partial charge in [0.1, 0.15) is 6.04 Å². The molecule has 0 radical (unpaired) electrons. The van der Waals surface area contributed by atoms with Gasteiger partial charge in [0, 0.05) is 12.5 Å². The lowest BCUT2D eigenvalue weighted by Gasteiger charge is -2.35. The fourth-order valence-corrected chi connectivity index (χ4v) is 5.44. The molecule has 2 aliphatic heterocycles. The molecule has 2 N–H and O–H groups in total. The number of carbonyl (C=O) groups excluding carboxylic acids is 4. The maximum Gasteiger partial charge on any atom is 0.241 e. The lowest BCUT2D eigenvalue weighted by atomic mass is 9.86. The number of hydrogen-bond donors (Lipinski definition) is 1. The first-order chi connectivity index (χ1) is 14.0. The van der Waals surface area contributed by atoms with E-state index in [4.69, 9.17) is 5.73 Å². The highest BCUT2D eigenvalue weighted by Crippen LogP contribution is 2.50. The van der Waals surface area contributed by atoms with Crippen molar-refractivity contribution in [3.63, 3.8) is 0 Å². The van der Waals surface area contributed by atoms with Crippen molar-refractivity contribution in [2.45, 2.75) is 51.1 Å². The van der Waals surface area contributed by atoms with Crippen molar-refractivity contribution in [1.29, 1.82) is 0 Å². The van der Waals surface area contributed by atoms with Gasteiger partial charge in [-0.05, 0) is 25.3 Å². The summed E-state index contributed by atoms with van der Waals surface area (Å²) in [5.74, 6) is -3.45. The second-order valence-corrected chi connectivity index (χ2v) is 8.26. The second kappa shape index (κ2) is 7.61. The molecule has 4 atom stereocenters. The van der Waals surface area contributed by atoms with Crippen molar-refractivity contribution in [2.75, 3.05) is 6.54 Å². The molecule has 3 aliphatic rings. The Hall–Kier alpha value is -2.70. The Labute approximate surface area is 170 Å². The molecule has 2 saturated heterocycles. The SMILES string of the molecule is CCN1C(=O)C2C(C1=O)C(c1ccccc1)N(C(=O)C1CCCCC1)C2C(N)=O. The van der Waals surface area contributed by atoms with Gasteiger partial charge >= 0.3 is 0 Å². The van der Waals surface area contributed by atoms with Crippen LogP contribution in [0.2, 0.25) is 0 Å². The van der Waals surface area contributed by atoms with Gasteiger partial charge in [-0.3, -0.25) is 24.1 Å². The van der Waals surface area contributed by atoms with E-state index in [-0.39, 0.29) is 24.3 Å². The molecule has 1 saturated carbocycles. The zero-order valence-electron chi connectivity index (χ0n) is 16.6. The summed E-state index contributed by atoms with van der Waals surface area (Å²) in [5.41, 5.74) is 6.49. The van der Waals surface area contributed by atoms with E-state index in [9.17, 15) is 19.2 Å². The summed E-state index contributed by atoms with van der Waals surface area (Å²) >= 11 is 0. The molecule has 7 nitrogen and oxygen atoms in total. The molecule has 29 heavy (non-hydrogen) atoms. The van der Waals surface area contributed by atoms with E-state index in [0.717, 1.165) is 37.7 Å². The molecule has 1 aliphatic carbocycles. The van der Waals surface area contributed by atoms with Crippen molar-refractivity contribution >= 4 is 23.6 Å². The summed E-state index contributed by atoms with van der Waals surface area (Å²) in [7, 11) is 0. The predicted molar refractivity (Wildman–Crippen MR) is 105 cm³/mol. The van der Waals surface area contributed by atoms with Crippen LogP contribution < -0.4 is 5.73 Å². The molecule has 7 heteroatoms. The minimum atomic E-state index is -1.09. The van der Waals surface area contributed by atoms with Gasteiger partial charge in [-0.2, -0.15) is 0 Å². The van der Waals surface area contributed by atoms with Crippen LogP contribution in [0.15, 0.2) is 30.3 Å². The van der Waals surface area contributed by atoms with Crippen LogP contribution >= 0.6 is 0 Å². The molecular formula is C22H27N3O4. The highest BCUT2D eigenvalue weighted by atomic mass is 16.2. The van der Waals surface area contributed by atoms with Gasteiger partial charge in [-0.1, -0.05) is 49.6 Å². The smallest absolute Gasteiger partial charge is 0.241 e. The molecule has 0 aromatic heterocycles. The van der Waals surface area contributed by atoms with E-state index in [1.54, 1.807) is 6.92 Å². The van der Waals surface area contributed by atoms with Crippen LogP contribution in [0.4, 0.5) is 0 Å². The van der Waals surface area contributed by atoms with Crippen molar-refractivity contribution in [3.05, 3.63) is 35.9 Å². The van der Waals surface area contributed by atoms with E-state index < -0.39 is 35.7 Å². The summed E-state index contributed by atoms with van der Waals surface area (Å²) in [5, 5.41) is 0. The average Bonchev–Trinajstić information content (AvgIpc) is 3.22. The fourth-order valence-electron chi connectivity index (χ4n) is 5.44. The summed E-state index contributed by atoms with van der Waals surface area (Å²) in [6, 6.07) is 7.48. The minimum absolute atomic E-state index is 0.152. The topological polar surface area (TPSA) is 101 Å². The number of amides is 4. The van der Waals surface area contributed by atoms with Crippen LogP contribution in [0, 0.1) is 17.8 Å². The number of likely N-dealkylation sites (tertiary alicyclic amines) is 2. The molecule has 4 unspecified atom stereocenters. The van der Waals surface area contributed by atoms with E-state index >= 15 is 0 Å². The van der Waals surface area contributed by atoms with Gasteiger partial charge in [0.15, 0.2) is 0 Å². The van der Waals surface area contributed by atoms with Crippen LogP contribution in [-0.4, -0.2) is 46.0 Å². The van der Waals surface area contributed by atoms with E-state index in [2.05, 4.69) is 0 Å². The Morgan fingerprint density at radius 3 is 2.21 bits per heavy atom. The lowest BCUT2D eigenvalue weighted by molar-refractivity contribution is -0.149. The first kappa shape index (κ1) is 19.6. The maximum absolute atomic E-state index is 13.6. The standard InChI is InChI=1S/C22H27N3O4/c1-2-24-21(28)15-16(22(24)29)18(19(23)26)25(17(15)13-9-5-3-6-10-13)20(27)14-11-7-4-8-12-14/h3,5-6,9-10,14-18H,2,4,7-8,11-12H2,1H3,(H2,23,26). The molecule has 4 amide bonds. The Kier molecular flexibility index (Phi) is 5.15. The number of primary amides is 1. The summed E-state index contributed by atoms with van der Waals surface area (Å²) in [6.07, 6.45) is 4.56. The second-order valence-electron chi connectivity index (χ2n) is 8.26. The van der Waals surface area contributed by atoms with Crippen LogP contribution in [0.5, 0.6) is 0 Å². The van der Waals surface area contributed by atoms with Gasteiger partial charge in [0.25, 0.3) is 0 Å². The van der Waals surface area contributed by atoms with E-state index in [1.165, 1.54) is 9.80 Å². The zero-order valence-corrected chi connectivity index (χ0v) is 16.6. The number of rotatable bonds is 4. The van der Waals surface area contributed by atoms with E-state index in [0.29, 0.717) is 0 Å². The van der Waals surface area contributed by atoms with Gasteiger partial charge < -0.3 is 10.6 Å². The summed E-state index contributed by atoms with van der Waals surface area (Å²) in [6.45, 7) is 1.98. The van der Waals surface area contributed by atoms with Gasteiger partial charge in [-0.25, -0.2) is 0 Å². The maximum atomic E-state index is 13.6. The number of hydrogen-bond acceptors (Lipinski definition) is 4. The van der Waals surface area contributed by atoms with Crippen molar-refractivity contribution < 1.29 is 19.2 Å². The molecule has 154 valence electrons. The van der Waals surface area contributed by atoms with Gasteiger partial charge in [0.2, 0.25) is 23.6 Å². The van der Waals surface area contributed by atoms with Gasteiger partial charge in [-0.15, -0.1) is 0 Å². The van der Waals surface area contributed by atoms with Crippen LogP contribution in [0.25, 0.3) is 0 Å². The third-order valence-corrected chi connectivity index (χ3v) is 6.73. The summed E-state index contributed by atoms with van der Waals surface area (Å²) in [4.78, 5) is 54.9. The third kappa shape index (κ3) is 3.03. The normalized spacial score (nSPS) is 30.0. The van der Waals surface area contributed by atoms with Crippen LogP contribution in [-0.2, 0) is 19.2 Å².